The predicted molar refractivity (Wildman–Crippen MR) is 66.4 cm³/mol. The molecule has 0 saturated carbocycles. The van der Waals surface area contributed by atoms with E-state index in [1.165, 1.54) is 14.2 Å². The van der Waals surface area contributed by atoms with Crippen LogP contribution in [-0.2, 0) is 4.84 Å². The van der Waals surface area contributed by atoms with Gasteiger partial charge in [-0.2, -0.15) is 0 Å². The van der Waals surface area contributed by atoms with Crippen LogP contribution in [0.4, 0.5) is 10.5 Å². The van der Waals surface area contributed by atoms with Crippen LogP contribution in [-0.4, -0.2) is 31.9 Å². The third-order valence-corrected chi connectivity index (χ3v) is 2.35. The molecule has 0 aromatic heterocycles. The van der Waals surface area contributed by atoms with Crippen LogP contribution >= 0.6 is 11.6 Å². The number of hydrogen-bond donors (Lipinski definition) is 1. The first-order valence-corrected chi connectivity index (χ1v) is 5.48. The van der Waals surface area contributed by atoms with E-state index in [9.17, 15) is 4.79 Å². The third kappa shape index (κ3) is 3.51. The topological polar surface area (TPSA) is 50.8 Å². The Bertz CT molecular complexity index is 398. The highest BCUT2D eigenvalue weighted by atomic mass is 35.5. The molecule has 6 heteroatoms. The maximum absolute atomic E-state index is 11.6. The minimum Gasteiger partial charge on any atom is -0.490 e. The van der Waals surface area contributed by atoms with Gasteiger partial charge in [-0.1, -0.05) is 17.7 Å². The Morgan fingerprint density at radius 2 is 2.24 bits per heavy atom. The third-order valence-electron chi connectivity index (χ3n) is 2.06. The van der Waals surface area contributed by atoms with E-state index in [1.54, 1.807) is 18.2 Å². The van der Waals surface area contributed by atoms with Crippen LogP contribution in [0, 0.1) is 0 Å². The molecule has 0 aliphatic rings. The second kappa shape index (κ2) is 6.32. The fraction of sp³-hybridized carbons (Fsp3) is 0.364. The summed E-state index contributed by atoms with van der Waals surface area (Å²) in [5.41, 5.74) is 0.508. The van der Waals surface area contributed by atoms with Crippen molar-refractivity contribution in [3.8, 4) is 5.75 Å². The molecule has 0 heterocycles. The van der Waals surface area contributed by atoms with Crippen molar-refractivity contribution >= 4 is 23.3 Å². The van der Waals surface area contributed by atoms with Crippen molar-refractivity contribution in [2.45, 2.75) is 6.92 Å². The molecule has 0 fully saturated rings. The number of nitrogens with zero attached hydrogens (tertiary/aromatic N) is 1. The summed E-state index contributed by atoms with van der Waals surface area (Å²) in [6, 6.07) is 4.73. The van der Waals surface area contributed by atoms with Gasteiger partial charge in [0.05, 0.1) is 24.4 Å². The number of nitrogens with one attached hydrogen (secondary N) is 1. The van der Waals surface area contributed by atoms with E-state index in [2.05, 4.69) is 5.32 Å². The monoisotopic (exact) mass is 258 g/mol. The molecule has 0 radical (unpaired) electrons. The fourth-order valence-corrected chi connectivity index (χ4v) is 1.40. The van der Waals surface area contributed by atoms with E-state index in [-0.39, 0.29) is 0 Å². The first-order chi connectivity index (χ1) is 8.10. The molecule has 1 rings (SSSR count). The number of anilines is 1. The Morgan fingerprint density at radius 1 is 1.53 bits per heavy atom. The summed E-state index contributed by atoms with van der Waals surface area (Å²) < 4.78 is 5.38. The highest BCUT2D eigenvalue weighted by molar-refractivity contribution is 6.32. The van der Waals surface area contributed by atoms with E-state index >= 15 is 0 Å². The largest absolute Gasteiger partial charge is 0.490 e. The number of carbonyl (C=O) groups excluding carboxylic acids is 1. The van der Waals surface area contributed by atoms with Gasteiger partial charge in [0.2, 0.25) is 0 Å². The highest BCUT2D eigenvalue weighted by Gasteiger charge is 2.13. The maximum Gasteiger partial charge on any atom is 0.345 e. The molecule has 0 unspecified atom stereocenters. The number of amides is 2. The predicted octanol–water partition coefficient (Wildman–Crippen LogP) is 2.76. The van der Waals surface area contributed by atoms with Crippen LogP contribution in [0.25, 0.3) is 0 Å². The molecule has 2 amide bonds. The number of benzene rings is 1. The second-order valence-corrected chi connectivity index (χ2v) is 3.57. The Kier molecular flexibility index (Phi) is 5.06. The Labute approximate surface area is 105 Å². The highest BCUT2D eigenvalue weighted by Crippen LogP contribution is 2.32. The van der Waals surface area contributed by atoms with E-state index in [4.69, 9.17) is 21.2 Å². The summed E-state index contributed by atoms with van der Waals surface area (Å²) in [7, 11) is 2.90. The van der Waals surface area contributed by atoms with Gasteiger partial charge in [-0.3, -0.25) is 4.84 Å². The molecule has 0 saturated heterocycles. The lowest BCUT2D eigenvalue weighted by atomic mass is 10.3. The number of hydrogen-bond acceptors (Lipinski definition) is 3. The Morgan fingerprint density at radius 3 is 2.82 bits per heavy atom. The van der Waals surface area contributed by atoms with Crippen LogP contribution < -0.4 is 10.1 Å². The Balaban J connectivity index is 2.90. The molecule has 0 bridgehead atoms. The van der Waals surface area contributed by atoms with Crippen LogP contribution in [0.2, 0.25) is 5.02 Å². The molecule has 1 N–H and O–H groups in total. The molecular weight excluding hydrogens is 244 g/mol. The summed E-state index contributed by atoms with van der Waals surface area (Å²) in [6.45, 7) is 2.31. The molecule has 0 spiro atoms. The maximum atomic E-state index is 11.6. The van der Waals surface area contributed by atoms with Gasteiger partial charge in [-0.05, 0) is 19.1 Å². The number of urea groups is 1. The van der Waals surface area contributed by atoms with Crippen molar-refractivity contribution in [1.82, 2.24) is 5.06 Å². The van der Waals surface area contributed by atoms with E-state index in [1.807, 2.05) is 6.92 Å². The van der Waals surface area contributed by atoms with Crippen molar-refractivity contribution in [2.24, 2.45) is 0 Å². The average molecular weight is 259 g/mol. The smallest absolute Gasteiger partial charge is 0.345 e. The molecule has 1 aromatic carbocycles. The van der Waals surface area contributed by atoms with Crippen LogP contribution in [0.5, 0.6) is 5.75 Å². The second-order valence-electron chi connectivity index (χ2n) is 3.16. The summed E-state index contributed by atoms with van der Waals surface area (Å²) >= 11 is 5.98. The van der Waals surface area contributed by atoms with E-state index in [0.29, 0.717) is 23.1 Å². The molecule has 17 heavy (non-hydrogen) atoms. The van der Waals surface area contributed by atoms with Gasteiger partial charge in [0.25, 0.3) is 0 Å². The van der Waals surface area contributed by atoms with Gasteiger partial charge in [0.15, 0.2) is 5.75 Å². The number of rotatable bonds is 4. The normalized spacial score (nSPS) is 9.88. The van der Waals surface area contributed by atoms with Gasteiger partial charge in [0, 0.05) is 7.05 Å². The lowest BCUT2D eigenvalue weighted by molar-refractivity contribution is -0.0598. The first kappa shape index (κ1) is 13.6. The zero-order valence-corrected chi connectivity index (χ0v) is 10.7. The summed E-state index contributed by atoms with van der Waals surface area (Å²) in [5.74, 6) is 0.453. The number of para-hydroxylation sites is 1. The van der Waals surface area contributed by atoms with Crippen molar-refractivity contribution in [3.05, 3.63) is 23.2 Å². The number of carbonyl (C=O) groups is 1. The number of ether oxygens (including phenoxy) is 1. The lowest BCUT2D eigenvalue weighted by Crippen LogP contribution is -2.30. The minimum atomic E-state index is -0.407. The lowest BCUT2D eigenvalue weighted by Gasteiger charge is -2.17. The van der Waals surface area contributed by atoms with Gasteiger partial charge < -0.3 is 10.1 Å². The zero-order valence-electron chi connectivity index (χ0n) is 9.99. The van der Waals surface area contributed by atoms with Crippen LogP contribution in [0.3, 0.4) is 0 Å². The van der Waals surface area contributed by atoms with Crippen molar-refractivity contribution in [1.29, 1.82) is 0 Å². The van der Waals surface area contributed by atoms with Crippen LogP contribution in [0.15, 0.2) is 18.2 Å². The first-order valence-electron chi connectivity index (χ1n) is 5.10. The molecule has 0 atom stereocenters. The van der Waals surface area contributed by atoms with Gasteiger partial charge in [0.1, 0.15) is 0 Å². The Hall–Kier alpha value is -1.46. The molecule has 0 aliphatic carbocycles. The zero-order chi connectivity index (χ0) is 12.8. The molecule has 0 aliphatic heterocycles. The molecular formula is C11H15ClN2O3. The van der Waals surface area contributed by atoms with Crippen molar-refractivity contribution in [2.75, 3.05) is 26.1 Å². The van der Waals surface area contributed by atoms with Crippen molar-refractivity contribution in [3.63, 3.8) is 0 Å². The average Bonchev–Trinajstić information content (AvgIpc) is 2.32. The SMILES string of the molecule is CCOc1c(Cl)cccc1NC(=O)N(C)OC. The van der Waals surface area contributed by atoms with Crippen LogP contribution in [0.1, 0.15) is 6.92 Å². The van der Waals surface area contributed by atoms with Crippen molar-refractivity contribution < 1.29 is 14.4 Å². The molecule has 5 nitrogen and oxygen atoms in total. The van der Waals surface area contributed by atoms with Gasteiger partial charge >= 0.3 is 6.03 Å². The fourth-order valence-electron chi connectivity index (χ4n) is 1.18. The molecule has 1 aromatic rings. The number of hydroxylamine groups is 2. The quantitative estimate of drug-likeness (QED) is 0.845. The summed E-state index contributed by atoms with van der Waals surface area (Å²) in [5, 5.41) is 4.15. The summed E-state index contributed by atoms with van der Waals surface area (Å²) in [4.78, 5) is 16.4. The summed E-state index contributed by atoms with van der Waals surface area (Å²) in [6.07, 6.45) is 0. The standard InChI is InChI=1S/C11H15ClN2O3/c1-4-17-10-8(12)6-5-7-9(10)13-11(15)14(2)16-3/h5-7H,4H2,1-3H3,(H,13,15). The van der Waals surface area contributed by atoms with E-state index in [0.717, 1.165) is 5.06 Å². The van der Waals surface area contributed by atoms with Gasteiger partial charge in [-0.25, -0.2) is 9.86 Å². The van der Waals surface area contributed by atoms with Gasteiger partial charge in [-0.15, -0.1) is 0 Å². The molecule has 94 valence electrons. The minimum absolute atomic E-state index is 0.407. The number of halogens is 1. The van der Waals surface area contributed by atoms with E-state index < -0.39 is 6.03 Å².